The smallest absolute Gasteiger partial charge is 0.244 e. The highest BCUT2D eigenvalue weighted by atomic mass is 32.2. The van der Waals surface area contributed by atoms with E-state index in [2.05, 4.69) is 5.32 Å². The van der Waals surface area contributed by atoms with Crippen LogP contribution in [0.25, 0.3) is 0 Å². The molecule has 2 rings (SSSR count). The topological polar surface area (TPSA) is 86.8 Å². The van der Waals surface area contributed by atoms with Crippen molar-refractivity contribution in [2.45, 2.75) is 52.2 Å². The highest BCUT2D eigenvalue weighted by Gasteiger charge is 2.33. The van der Waals surface area contributed by atoms with Crippen molar-refractivity contribution in [1.29, 1.82) is 0 Å². The van der Waals surface area contributed by atoms with Crippen molar-refractivity contribution in [3.8, 4) is 0 Å². The van der Waals surface area contributed by atoms with E-state index in [1.54, 1.807) is 6.92 Å². The number of carbonyl (C=O) groups is 2. The number of anilines is 1. The zero-order chi connectivity index (χ0) is 25.7. The van der Waals surface area contributed by atoms with Crippen molar-refractivity contribution in [2.24, 2.45) is 0 Å². The molecule has 186 valence electrons. The summed E-state index contributed by atoms with van der Waals surface area (Å²) in [6, 6.07) is 9.31. The molecule has 0 bridgehead atoms. The first kappa shape index (κ1) is 27.2. The van der Waals surface area contributed by atoms with E-state index in [0.717, 1.165) is 22.7 Å². The number of benzene rings is 2. The first-order valence-corrected chi connectivity index (χ1v) is 12.7. The minimum Gasteiger partial charge on any atom is -0.350 e. The van der Waals surface area contributed by atoms with E-state index < -0.39 is 51.6 Å². The van der Waals surface area contributed by atoms with E-state index >= 15 is 0 Å². The van der Waals surface area contributed by atoms with Crippen LogP contribution in [-0.2, 0) is 26.2 Å². The molecule has 2 amide bonds. The number of nitrogens with one attached hydrogen (secondary N) is 1. The van der Waals surface area contributed by atoms with Gasteiger partial charge in [-0.3, -0.25) is 13.9 Å². The largest absolute Gasteiger partial charge is 0.350 e. The molecule has 0 spiro atoms. The van der Waals surface area contributed by atoms with Crippen LogP contribution in [0.3, 0.4) is 0 Å². The third-order valence-corrected chi connectivity index (χ3v) is 6.08. The Morgan fingerprint density at radius 3 is 1.91 bits per heavy atom. The number of rotatable bonds is 9. The van der Waals surface area contributed by atoms with Crippen molar-refractivity contribution in [3.63, 3.8) is 0 Å². The van der Waals surface area contributed by atoms with Crippen LogP contribution in [0, 0.1) is 11.6 Å². The fourth-order valence-corrected chi connectivity index (χ4v) is 4.23. The number of halogens is 2. The van der Waals surface area contributed by atoms with Gasteiger partial charge in [0.25, 0.3) is 0 Å². The average Bonchev–Trinajstić information content (AvgIpc) is 2.72. The van der Waals surface area contributed by atoms with Crippen molar-refractivity contribution in [2.75, 3.05) is 17.1 Å². The lowest BCUT2D eigenvalue weighted by atomic mass is 10.1. The van der Waals surface area contributed by atoms with Crippen molar-refractivity contribution >= 4 is 27.5 Å². The molecule has 10 heteroatoms. The van der Waals surface area contributed by atoms with Crippen LogP contribution in [0.15, 0.2) is 48.5 Å². The second kappa shape index (κ2) is 10.9. The molecule has 1 atom stereocenters. The predicted molar refractivity (Wildman–Crippen MR) is 128 cm³/mol. The molecule has 1 N–H and O–H groups in total. The number of sulfonamides is 1. The summed E-state index contributed by atoms with van der Waals surface area (Å²) in [5.41, 5.74) is 0.137. The monoisotopic (exact) mass is 495 g/mol. The molecule has 0 aliphatic rings. The minimum absolute atomic E-state index is 0.0315. The van der Waals surface area contributed by atoms with Crippen LogP contribution < -0.4 is 9.62 Å². The molecule has 7 nitrogen and oxygen atoms in total. The second-order valence-corrected chi connectivity index (χ2v) is 11.0. The van der Waals surface area contributed by atoms with E-state index in [-0.39, 0.29) is 18.7 Å². The van der Waals surface area contributed by atoms with Gasteiger partial charge in [-0.05, 0) is 69.2 Å². The molecule has 0 aliphatic heterocycles. The molecule has 0 heterocycles. The van der Waals surface area contributed by atoms with Crippen molar-refractivity contribution < 1.29 is 26.8 Å². The molecule has 0 fully saturated rings. The Labute approximate surface area is 199 Å². The number of hydrogen-bond donors (Lipinski definition) is 1. The molecule has 2 aromatic rings. The Morgan fingerprint density at radius 2 is 1.47 bits per heavy atom. The summed E-state index contributed by atoms with van der Waals surface area (Å²) in [4.78, 5) is 27.8. The maximum Gasteiger partial charge on any atom is 0.244 e. The second-order valence-electron chi connectivity index (χ2n) is 9.06. The van der Waals surface area contributed by atoms with Crippen LogP contribution in [0.1, 0.15) is 39.7 Å². The van der Waals surface area contributed by atoms with E-state index in [0.29, 0.717) is 5.56 Å². The molecule has 1 unspecified atom stereocenters. The zero-order valence-corrected chi connectivity index (χ0v) is 20.8. The third-order valence-electron chi connectivity index (χ3n) is 4.94. The van der Waals surface area contributed by atoms with Gasteiger partial charge in [-0.1, -0.05) is 19.1 Å². The van der Waals surface area contributed by atoms with E-state index in [9.17, 15) is 26.8 Å². The number of hydrogen-bond acceptors (Lipinski definition) is 4. The summed E-state index contributed by atoms with van der Waals surface area (Å²) in [5.74, 6) is -2.02. The van der Waals surface area contributed by atoms with Crippen LogP contribution in [-0.4, -0.2) is 49.5 Å². The summed E-state index contributed by atoms with van der Waals surface area (Å²) >= 11 is 0. The minimum atomic E-state index is -3.91. The van der Waals surface area contributed by atoms with Gasteiger partial charge in [-0.25, -0.2) is 17.2 Å². The van der Waals surface area contributed by atoms with Gasteiger partial charge < -0.3 is 10.2 Å². The van der Waals surface area contributed by atoms with Crippen molar-refractivity contribution in [3.05, 3.63) is 65.7 Å². The summed E-state index contributed by atoms with van der Waals surface area (Å²) < 4.78 is 52.6. The lowest BCUT2D eigenvalue weighted by Gasteiger charge is -2.34. The molecular weight excluding hydrogens is 464 g/mol. The fraction of sp³-hybridized carbons (Fsp3) is 0.417. The quantitative estimate of drug-likeness (QED) is 0.577. The summed E-state index contributed by atoms with van der Waals surface area (Å²) in [7, 11) is -3.91. The molecule has 0 aromatic heterocycles. The summed E-state index contributed by atoms with van der Waals surface area (Å²) in [6.45, 7) is 6.55. The molecule has 34 heavy (non-hydrogen) atoms. The average molecular weight is 496 g/mol. The van der Waals surface area contributed by atoms with Crippen LogP contribution in [0.4, 0.5) is 14.5 Å². The Kier molecular flexibility index (Phi) is 8.77. The van der Waals surface area contributed by atoms with Crippen LogP contribution in [0.2, 0.25) is 0 Å². The number of carbonyl (C=O) groups excluding carboxylic acids is 2. The zero-order valence-electron chi connectivity index (χ0n) is 20.0. The Balaban J connectivity index is 2.43. The highest BCUT2D eigenvalue weighted by molar-refractivity contribution is 7.92. The van der Waals surface area contributed by atoms with Gasteiger partial charge in [-0.2, -0.15) is 0 Å². The van der Waals surface area contributed by atoms with Gasteiger partial charge >= 0.3 is 0 Å². The lowest BCUT2D eigenvalue weighted by Crippen LogP contribution is -2.55. The van der Waals surface area contributed by atoms with Crippen molar-refractivity contribution in [1.82, 2.24) is 10.2 Å². The lowest BCUT2D eigenvalue weighted by molar-refractivity contribution is -0.141. The van der Waals surface area contributed by atoms with Gasteiger partial charge in [0.1, 0.15) is 24.2 Å². The SMILES string of the molecule is CCC(C(=O)NC(C)(C)C)N(Cc1ccc(F)cc1)C(=O)CN(c1ccc(F)cc1)S(C)(=O)=O. The molecular formula is C24H31F2N3O4S. The fourth-order valence-electron chi connectivity index (χ4n) is 3.38. The number of nitrogens with zero attached hydrogens (tertiary/aromatic N) is 2. The van der Waals surface area contributed by atoms with E-state index in [1.807, 2.05) is 20.8 Å². The predicted octanol–water partition coefficient (Wildman–Crippen LogP) is 3.45. The van der Waals surface area contributed by atoms with Gasteiger partial charge in [-0.15, -0.1) is 0 Å². The van der Waals surface area contributed by atoms with Gasteiger partial charge in [0.05, 0.1) is 11.9 Å². The Hall–Kier alpha value is -3.01. The highest BCUT2D eigenvalue weighted by Crippen LogP contribution is 2.20. The number of amides is 2. The van der Waals surface area contributed by atoms with E-state index in [4.69, 9.17) is 0 Å². The maximum absolute atomic E-state index is 13.5. The Morgan fingerprint density at radius 1 is 0.971 bits per heavy atom. The van der Waals surface area contributed by atoms with Crippen LogP contribution >= 0.6 is 0 Å². The summed E-state index contributed by atoms with van der Waals surface area (Å²) in [6.07, 6.45) is 1.21. The maximum atomic E-state index is 13.5. The molecule has 0 aliphatic carbocycles. The first-order valence-electron chi connectivity index (χ1n) is 10.8. The van der Waals surface area contributed by atoms with Gasteiger partial charge in [0.15, 0.2) is 0 Å². The first-order chi connectivity index (χ1) is 15.7. The van der Waals surface area contributed by atoms with Gasteiger partial charge in [0.2, 0.25) is 21.8 Å². The van der Waals surface area contributed by atoms with Gasteiger partial charge in [0, 0.05) is 12.1 Å². The molecule has 2 aromatic carbocycles. The molecule has 0 saturated heterocycles. The molecule has 0 radical (unpaired) electrons. The van der Waals surface area contributed by atoms with Crippen LogP contribution in [0.5, 0.6) is 0 Å². The summed E-state index contributed by atoms with van der Waals surface area (Å²) in [5, 5.41) is 2.86. The molecule has 0 saturated carbocycles. The standard InChI is InChI=1S/C24H31F2N3O4S/c1-6-21(23(31)27-24(2,3)4)28(15-17-7-9-18(25)10-8-17)22(30)16-29(34(5,32)33)20-13-11-19(26)12-14-20/h7-14,21H,6,15-16H2,1-5H3,(H,27,31). The normalized spacial score (nSPS) is 12.7. The Bertz CT molecular complexity index is 1100. The van der Waals surface area contributed by atoms with E-state index in [1.165, 1.54) is 41.3 Å². The third kappa shape index (κ3) is 7.79.